The lowest BCUT2D eigenvalue weighted by Crippen LogP contribution is -2.66. The van der Waals surface area contributed by atoms with Gasteiger partial charge in [0.1, 0.15) is 23.7 Å². The van der Waals surface area contributed by atoms with Crippen molar-refractivity contribution in [1.82, 2.24) is 30.7 Å². The molecule has 0 unspecified atom stereocenters. The van der Waals surface area contributed by atoms with Crippen LogP contribution in [0, 0.1) is 5.92 Å². The molecule has 3 rings (SSSR count). The monoisotopic (exact) mass is 600 g/mol. The Kier molecular flexibility index (Phi) is 11.0. The molecule has 0 bridgehead atoms. The number of hydrogen-bond donors (Lipinski definition) is 3. The molecule has 1 aliphatic carbocycles. The number of carbonyl (C=O) groups excluding carboxylic acids is 5. The van der Waals surface area contributed by atoms with Gasteiger partial charge >= 0.3 is 12.1 Å². The second-order valence-electron chi connectivity index (χ2n) is 12.7. The van der Waals surface area contributed by atoms with Gasteiger partial charge in [-0.1, -0.05) is 38.1 Å². The van der Waals surface area contributed by atoms with Gasteiger partial charge in [-0.25, -0.2) is 9.59 Å². The van der Waals surface area contributed by atoms with Crippen LogP contribution in [0.25, 0.3) is 0 Å². The number of urea groups is 1. The summed E-state index contributed by atoms with van der Waals surface area (Å²) in [7, 11) is 2.99. The summed E-state index contributed by atoms with van der Waals surface area (Å²) in [6, 6.07) is 4.65. The third-order valence-electron chi connectivity index (χ3n) is 8.03. The molecule has 6 amide bonds. The van der Waals surface area contributed by atoms with Gasteiger partial charge in [0.2, 0.25) is 17.7 Å². The molecule has 4 atom stereocenters. The highest BCUT2D eigenvalue weighted by Crippen LogP contribution is 2.30. The van der Waals surface area contributed by atoms with E-state index in [2.05, 4.69) is 22.0 Å². The molecule has 3 N–H and O–H groups in total. The Labute approximate surface area is 254 Å². The number of amides is 6. The Balaban J connectivity index is 1.81. The molecule has 1 fully saturated rings. The zero-order valence-electron chi connectivity index (χ0n) is 26.7. The summed E-state index contributed by atoms with van der Waals surface area (Å²) in [6.07, 6.45) is 1.99. The number of likely N-dealkylation sites (N-methyl/N-ethyl adjacent to an activating group) is 1. The van der Waals surface area contributed by atoms with E-state index in [9.17, 15) is 24.0 Å². The number of ether oxygens (including phenoxy) is 1. The smallest absolute Gasteiger partial charge is 0.410 e. The van der Waals surface area contributed by atoms with Gasteiger partial charge in [0, 0.05) is 27.2 Å². The summed E-state index contributed by atoms with van der Waals surface area (Å²) in [5, 5.41) is 8.55. The molecule has 1 heterocycles. The van der Waals surface area contributed by atoms with Crippen LogP contribution in [0.15, 0.2) is 24.3 Å². The predicted molar refractivity (Wildman–Crippen MR) is 162 cm³/mol. The molecule has 1 aliphatic heterocycles. The molecule has 0 radical (unpaired) electrons. The van der Waals surface area contributed by atoms with Crippen LogP contribution in [0.4, 0.5) is 9.59 Å². The highest BCUT2D eigenvalue weighted by Gasteiger charge is 2.42. The first-order valence-electron chi connectivity index (χ1n) is 15.1. The summed E-state index contributed by atoms with van der Waals surface area (Å²) in [4.78, 5) is 70.4. The zero-order valence-corrected chi connectivity index (χ0v) is 26.7. The van der Waals surface area contributed by atoms with E-state index < -0.39 is 41.6 Å². The van der Waals surface area contributed by atoms with Crippen molar-refractivity contribution in [2.45, 2.75) is 90.6 Å². The standard InChI is InChI=1S/C31H48N6O6/c1-19(2)25(34-26(38)20(3)35(8)30(42)43-31(4,5)6)28(40)37-17-16-36(29(41)32-7)18-24(37)27(39)33-23-15-11-13-21-12-9-10-14-22(21)23/h9-10,12,14,19-20,23-25H,11,13,15-18H2,1-8H3,(H,32,41)(H,33,39)(H,34,38)/t20-,23+,24-,25-/m0/s1. The lowest BCUT2D eigenvalue weighted by Gasteiger charge is -2.43. The van der Waals surface area contributed by atoms with Crippen LogP contribution >= 0.6 is 0 Å². The van der Waals surface area contributed by atoms with Crippen LogP contribution in [0.5, 0.6) is 0 Å². The highest BCUT2D eigenvalue weighted by molar-refractivity contribution is 5.94. The number of nitrogens with zero attached hydrogens (tertiary/aromatic N) is 3. The maximum absolute atomic E-state index is 14.0. The van der Waals surface area contributed by atoms with E-state index in [4.69, 9.17) is 4.74 Å². The number of aryl methyl sites for hydroxylation is 1. The number of nitrogens with one attached hydrogen (secondary N) is 3. The average Bonchev–Trinajstić information content (AvgIpc) is 2.96. The van der Waals surface area contributed by atoms with Gasteiger partial charge in [0.15, 0.2) is 0 Å². The molecule has 1 aromatic carbocycles. The van der Waals surface area contributed by atoms with Gasteiger partial charge in [-0.05, 0) is 64.0 Å². The van der Waals surface area contributed by atoms with Gasteiger partial charge in [0.05, 0.1) is 12.6 Å². The summed E-state index contributed by atoms with van der Waals surface area (Å²) in [5.74, 6) is -1.61. The van der Waals surface area contributed by atoms with Gasteiger partial charge in [-0.3, -0.25) is 19.3 Å². The normalized spacial score (nSPS) is 19.9. The van der Waals surface area contributed by atoms with Crippen molar-refractivity contribution >= 4 is 29.8 Å². The molecule has 43 heavy (non-hydrogen) atoms. The van der Waals surface area contributed by atoms with E-state index in [-0.39, 0.29) is 43.5 Å². The number of benzene rings is 1. The zero-order chi connectivity index (χ0) is 32.1. The lowest BCUT2D eigenvalue weighted by molar-refractivity contribution is -0.147. The largest absolute Gasteiger partial charge is 0.444 e. The van der Waals surface area contributed by atoms with Crippen molar-refractivity contribution in [3.8, 4) is 0 Å². The fraction of sp³-hybridized carbons (Fsp3) is 0.645. The van der Waals surface area contributed by atoms with E-state index in [1.807, 2.05) is 18.2 Å². The topological polar surface area (TPSA) is 140 Å². The van der Waals surface area contributed by atoms with E-state index in [0.29, 0.717) is 0 Å². The van der Waals surface area contributed by atoms with E-state index in [1.165, 1.54) is 34.4 Å². The average molecular weight is 601 g/mol. The first-order valence-corrected chi connectivity index (χ1v) is 15.1. The number of hydrogen-bond acceptors (Lipinski definition) is 6. The predicted octanol–water partition coefficient (Wildman–Crippen LogP) is 2.43. The maximum atomic E-state index is 14.0. The van der Waals surface area contributed by atoms with E-state index in [0.717, 1.165) is 24.8 Å². The first-order chi connectivity index (χ1) is 20.1. The summed E-state index contributed by atoms with van der Waals surface area (Å²) in [6.45, 7) is 10.8. The fourth-order valence-electron chi connectivity index (χ4n) is 5.42. The minimum Gasteiger partial charge on any atom is -0.444 e. The highest BCUT2D eigenvalue weighted by atomic mass is 16.6. The third-order valence-corrected chi connectivity index (χ3v) is 8.03. The van der Waals surface area contributed by atoms with Crippen LogP contribution < -0.4 is 16.0 Å². The van der Waals surface area contributed by atoms with Crippen molar-refractivity contribution < 1.29 is 28.7 Å². The Hall–Kier alpha value is -3.83. The number of carbonyl (C=O) groups is 5. The number of piperazine rings is 1. The molecular weight excluding hydrogens is 552 g/mol. The van der Waals surface area contributed by atoms with Crippen molar-refractivity contribution in [3.05, 3.63) is 35.4 Å². The number of rotatable bonds is 7. The second kappa shape index (κ2) is 14.1. The maximum Gasteiger partial charge on any atom is 0.410 e. The lowest BCUT2D eigenvalue weighted by atomic mass is 9.87. The van der Waals surface area contributed by atoms with Gasteiger partial charge in [-0.15, -0.1) is 0 Å². The van der Waals surface area contributed by atoms with Crippen molar-refractivity contribution in [3.63, 3.8) is 0 Å². The molecule has 1 saturated heterocycles. The summed E-state index contributed by atoms with van der Waals surface area (Å²) >= 11 is 0. The molecular formula is C31H48N6O6. The fourth-order valence-corrected chi connectivity index (χ4v) is 5.42. The Morgan fingerprint density at radius 2 is 1.72 bits per heavy atom. The third kappa shape index (κ3) is 8.39. The van der Waals surface area contributed by atoms with Crippen LogP contribution in [0.2, 0.25) is 0 Å². The minimum absolute atomic E-state index is 0.0160. The van der Waals surface area contributed by atoms with Gasteiger partial charge in [-0.2, -0.15) is 0 Å². The molecule has 0 aromatic heterocycles. The Morgan fingerprint density at radius 1 is 1.05 bits per heavy atom. The molecule has 0 saturated carbocycles. The summed E-state index contributed by atoms with van der Waals surface area (Å²) in [5.41, 5.74) is 1.52. The van der Waals surface area contributed by atoms with Crippen LogP contribution in [0.1, 0.15) is 71.6 Å². The molecule has 238 valence electrons. The van der Waals surface area contributed by atoms with E-state index >= 15 is 0 Å². The van der Waals surface area contributed by atoms with Crippen LogP contribution in [-0.4, -0.2) is 102 Å². The molecule has 2 aliphatic rings. The molecule has 0 spiro atoms. The van der Waals surface area contributed by atoms with E-state index in [1.54, 1.807) is 41.5 Å². The molecule has 12 nitrogen and oxygen atoms in total. The van der Waals surface area contributed by atoms with Crippen LogP contribution in [0.3, 0.4) is 0 Å². The molecule has 1 aromatic rings. The van der Waals surface area contributed by atoms with Gasteiger partial charge in [0.25, 0.3) is 0 Å². The Morgan fingerprint density at radius 3 is 2.35 bits per heavy atom. The Bertz CT molecular complexity index is 1200. The number of fused-ring (bicyclic) bond motifs is 1. The minimum atomic E-state index is -0.959. The summed E-state index contributed by atoms with van der Waals surface area (Å²) < 4.78 is 5.38. The van der Waals surface area contributed by atoms with Crippen molar-refractivity contribution in [1.29, 1.82) is 0 Å². The quantitative estimate of drug-likeness (QED) is 0.439. The van der Waals surface area contributed by atoms with Crippen molar-refractivity contribution in [2.24, 2.45) is 5.92 Å². The van der Waals surface area contributed by atoms with Crippen molar-refractivity contribution in [2.75, 3.05) is 33.7 Å². The molecule has 12 heteroatoms. The van der Waals surface area contributed by atoms with Gasteiger partial charge < -0.3 is 30.5 Å². The van der Waals surface area contributed by atoms with Crippen LogP contribution in [-0.2, 0) is 25.5 Å². The SMILES string of the molecule is CNC(=O)N1CCN(C(=O)[C@@H](NC(=O)[C@H](C)N(C)C(=O)OC(C)(C)C)C(C)C)[C@H](C(=O)N[C@@H]2CCCc3ccccc32)C1. The first kappa shape index (κ1) is 33.7. The second-order valence-corrected chi connectivity index (χ2v) is 12.7.